The van der Waals surface area contributed by atoms with Gasteiger partial charge in [-0.2, -0.15) is 0 Å². The lowest BCUT2D eigenvalue weighted by molar-refractivity contribution is -0.385. The Morgan fingerprint density at radius 2 is 2.19 bits per heavy atom. The van der Waals surface area contributed by atoms with Crippen molar-refractivity contribution in [2.75, 3.05) is 6.54 Å². The van der Waals surface area contributed by atoms with E-state index in [4.69, 9.17) is 5.73 Å². The number of hydrogen-bond donors (Lipinski definition) is 2. The third-order valence-corrected chi connectivity index (χ3v) is 3.95. The Bertz CT molecular complexity index is 536. The average molecular weight is 314 g/mol. The van der Waals surface area contributed by atoms with Crippen LogP contribution < -0.4 is 11.1 Å². The van der Waals surface area contributed by atoms with Crippen LogP contribution in [0.3, 0.4) is 0 Å². The highest BCUT2D eigenvalue weighted by atomic mass is 35.5. The van der Waals surface area contributed by atoms with Gasteiger partial charge in [0, 0.05) is 12.1 Å². The maximum atomic E-state index is 12.4. The number of benzene rings is 1. The fourth-order valence-corrected chi connectivity index (χ4v) is 2.85. The summed E-state index contributed by atoms with van der Waals surface area (Å²) in [6, 6.07) is 4.67. The Kier molecular flexibility index (Phi) is 6.11. The molecule has 3 N–H and O–H groups in total. The third kappa shape index (κ3) is 3.71. The number of carbonyl (C=O) groups is 1. The summed E-state index contributed by atoms with van der Waals surface area (Å²) in [5.74, 6) is -0.109. The van der Waals surface area contributed by atoms with E-state index in [1.807, 2.05) is 0 Å². The summed E-state index contributed by atoms with van der Waals surface area (Å²) in [5.41, 5.74) is 6.30. The summed E-state index contributed by atoms with van der Waals surface area (Å²) < 4.78 is 0. The van der Waals surface area contributed by atoms with Crippen LogP contribution in [-0.2, 0) is 0 Å². The molecule has 2 atom stereocenters. The molecule has 1 aromatic rings. The monoisotopic (exact) mass is 313 g/mol. The first kappa shape index (κ1) is 17.4. The van der Waals surface area contributed by atoms with Gasteiger partial charge in [0.2, 0.25) is 0 Å². The quantitative estimate of drug-likeness (QED) is 0.657. The summed E-state index contributed by atoms with van der Waals surface area (Å²) >= 11 is 0. The Labute approximate surface area is 129 Å². The summed E-state index contributed by atoms with van der Waals surface area (Å²) in [5, 5.41) is 14.0. The topological polar surface area (TPSA) is 98.3 Å². The summed E-state index contributed by atoms with van der Waals surface area (Å²) in [6.45, 7) is 2.23. The van der Waals surface area contributed by atoms with Crippen LogP contribution in [0.25, 0.3) is 0 Å². The smallest absolute Gasteiger partial charge is 0.282 e. The fourth-order valence-electron chi connectivity index (χ4n) is 2.85. The maximum Gasteiger partial charge on any atom is 0.282 e. The molecule has 0 aromatic heterocycles. The number of carbonyl (C=O) groups excluding carboxylic acids is 1. The number of nitrogens with one attached hydrogen (secondary N) is 1. The number of nitrogens with zero attached hydrogens (tertiary/aromatic N) is 1. The van der Waals surface area contributed by atoms with E-state index in [-0.39, 0.29) is 41.5 Å². The Morgan fingerprint density at radius 1 is 1.48 bits per heavy atom. The highest BCUT2D eigenvalue weighted by Crippen LogP contribution is 2.27. The lowest BCUT2D eigenvalue weighted by Crippen LogP contribution is -2.40. The first-order valence-corrected chi connectivity index (χ1v) is 6.79. The van der Waals surface area contributed by atoms with Crippen LogP contribution in [0, 0.1) is 23.0 Å². The largest absolute Gasteiger partial charge is 0.349 e. The van der Waals surface area contributed by atoms with Gasteiger partial charge in [-0.1, -0.05) is 18.6 Å². The van der Waals surface area contributed by atoms with Crippen molar-refractivity contribution in [3.05, 3.63) is 39.4 Å². The number of nitrogens with two attached hydrogens (primary N) is 1. The van der Waals surface area contributed by atoms with Crippen LogP contribution in [0.5, 0.6) is 0 Å². The van der Waals surface area contributed by atoms with Crippen molar-refractivity contribution in [2.24, 2.45) is 11.7 Å². The van der Waals surface area contributed by atoms with Gasteiger partial charge in [0.15, 0.2) is 0 Å². The zero-order valence-corrected chi connectivity index (χ0v) is 12.7. The fraction of sp³-hybridized carbons (Fsp3) is 0.500. The molecular weight excluding hydrogens is 294 g/mol. The normalized spacial score (nSPS) is 20.7. The molecule has 2 unspecified atom stereocenters. The molecule has 1 fully saturated rings. The molecule has 0 aliphatic heterocycles. The number of halogens is 1. The maximum absolute atomic E-state index is 12.4. The van der Waals surface area contributed by atoms with E-state index < -0.39 is 4.92 Å². The first-order chi connectivity index (χ1) is 9.54. The van der Waals surface area contributed by atoms with Crippen molar-refractivity contribution in [1.29, 1.82) is 0 Å². The lowest BCUT2D eigenvalue weighted by Gasteiger charge is -2.19. The summed E-state index contributed by atoms with van der Waals surface area (Å²) in [7, 11) is 0. The SMILES string of the molecule is Cc1cccc([N+](=O)[O-])c1C(=O)NC1CCCC1CN.Cl. The predicted molar refractivity (Wildman–Crippen MR) is 82.7 cm³/mol. The third-order valence-electron chi connectivity index (χ3n) is 3.95. The molecule has 1 aliphatic rings. The van der Waals surface area contributed by atoms with Crippen LogP contribution in [0.1, 0.15) is 35.2 Å². The molecule has 0 spiro atoms. The van der Waals surface area contributed by atoms with Gasteiger partial charge in [0.05, 0.1) is 4.92 Å². The van der Waals surface area contributed by atoms with Gasteiger partial charge in [-0.3, -0.25) is 14.9 Å². The van der Waals surface area contributed by atoms with Gasteiger partial charge in [0.1, 0.15) is 5.56 Å². The van der Waals surface area contributed by atoms with Crippen LogP contribution in [-0.4, -0.2) is 23.4 Å². The number of aryl methyl sites for hydroxylation is 1. The van der Waals surface area contributed by atoms with E-state index in [0.717, 1.165) is 19.3 Å². The molecule has 0 bridgehead atoms. The van der Waals surface area contributed by atoms with E-state index in [0.29, 0.717) is 12.1 Å². The van der Waals surface area contributed by atoms with Crippen LogP contribution in [0.2, 0.25) is 0 Å². The molecule has 116 valence electrons. The number of nitro benzene ring substituents is 1. The number of amides is 1. The molecule has 2 rings (SSSR count). The lowest BCUT2D eigenvalue weighted by atomic mass is 10.0. The molecule has 1 saturated carbocycles. The van der Waals surface area contributed by atoms with Crippen molar-refractivity contribution >= 4 is 24.0 Å². The molecule has 7 heteroatoms. The molecule has 6 nitrogen and oxygen atoms in total. The van der Waals surface area contributed by atoms with Gasteiger partial charge in [-0.05, 0) is 37.8 Å². The van der Waals surface area contributed by atoms with E-state index in [1.165, 1.54) is 6.07 Å². The molecule has 0 saturated heterocycles. The highest BCUT2D eigenvalue weighted by molar-refractivity contribution is 5.99. The second-order valence-corrected chi connectivity index (χ2v) is 5.23. The van der Waals surface area contributed by atoms with Gasteiger partial charge in [-0.15, -0.1) is 12.4 Å². The van der Waals surface area contributed by atoms with Crippen molar-refractivity contribution in [1.82, 2.24) is 5.32 Å². The van der Waals surface area contributed by atoms with Gasteiger partial charge >= 0.3 is 0 Å². The average Bonchev–Trinajstić information content (AvgIpc) is 2.85. The molecule has 1 aliphatic carbocycles. The van der Waals surface area contributed by atoms with Crippen molar-refractivity contribution in [2.45, 2.75) is 32.2 Å². The van der Waals surface area contributed by atoms with E-state index in [9.17, 15) is 14.9 Å². The highest BCUT2D eigenvalue weighted by Gasteiger charge is 2.30. The van der Waals surface area contributed by atoms with Gasteiger partial charge in [0.25, 0.3) is 11.6 Å². The Balaban J connectivity index is 0.00000220. The summed E-state index contributed by atoms with van der Waals surface area (Å²) in [6.07, 6.45) is 2.91. The van der Waals surface area contributed by atoms with E-state index in [1.54, 1.807) is 19.1 Å². The Hall–Kier alpha value is -1.66. The zero-order valence-electron chi connectivity index (χ0n) is 11.9. The molecule has 1 amide bonds. The minimum atomic E-state index is -0.517. The Morgan fingerprint density at radius 3 is 2.81 bits per heavy atom. The van der Waals surface area contributed by atoms with Crippen molar-refractivity contribution in [3.63, 3.8) is 0 Å². The van der Waals surface area contributed by atoms with E-state index in [2.05, 4.69) is 5.32 Å². The number of rotatable bonds is 4. The molecule has 0 radical (unpaired) electrons. The van der Waals surface area contributed by atoms with Crippen LogP contribution in [0.15, 0.2) is 18.2 Å². The predicted octanol–water partition coefficient (Wildman–Crippen LogP) is 2.18. The molecule has 1 aromatic carbocycles. The standard InChI is InChI=1S/C14H19N3O3.ClH/c1-9-4-2-7-12(17(19)20)13(9)14(18)16-11-6-3-5-10(11)8-15;/h2,4,7,10-11H,3,5-6,8,15H2,1H3,(H,16,18);1H. The van der Waals surface area contributed by atoms with Crippen LogP contribution >= 0.6 is 12.4 Å². The van der Waals surface area contributed by atoms with Crippen molar-refractivity contribution < 1.29 is 9.72 Å². The first-order valence-electron chi connectivity index (χ1n) is 6.79. The second kappa shape index (κ2) is 7.38. The van der Waals surface area contributed by atoms with Gasteiger partial charge in [-0.25, -0.2) is 0 Å². The number of nitro groups is 1. The van der Waals surface area contributed by atoms with Gasteiger partial charge < -0.3 is 11.1 Å². The molecule has 21 heavy (non-hydrogen) atoms. The van der Waals surface area contributed by atoms with E-state index >= 15 is 0 Å². The number of hydrogen-bond acceptors (Lipinski definition) is 4. The minimum absolute atomic E-state index is 0. The van der Waals surface area contributed by atoms with Crippen LogP contribution in [0.4, 0.5) is 5.69 Å². The minimum Gasteiger partial charge on any atom is -0.349 e. The molecule has 0 heterocycles. The second-order valence-electron chi connectivity index (χ2n) is 5.23. The molecular formula is C14H20ClN3O3. The van der Waals surface area contributed by atoms with Crippen molar-refractivity contribution in [3.8, 4) is 0 Å². The zero-order chi connectivity index (χ0) is 14.7. The summed E-state index contributed by atoms with van der Waals surface area (Å²) in [4.78, 5) is 22.9.